The number of nitrogens with zero attached hydrogens (tertiary/aromatic N) is 1. The van der Waals surface area contributed by atoms with Crippen molar-refractivity contribution in [2.75, 3.05) is 26.1 Å². The van der Waals surface area contributed by atoms with E-state index in [1.165, 1.54) is 13.3 Å². The van der Waals surface area contributed by atoms with Gasteiger partial charge in [0.05, 0.1) is 27.0 Å². The standard InChI is InChI=1S/C20H23N3O5/c1-4-11-28-16-9-6-15(7-10-16)22-19(24)20(25)23-21-13-14-5-8-17(26-2)12-18(14)27-3/h5-10,12-13H,4,11H2,1-3H3,(H,22,24)(H,23,25)/b21-13-. The highest BCUT2D eigenvalue weighted by atomic mass is 16.5. The number of carbonyl (C=O) groups excluding carboxylic acids is 2. The number of hydrogen-bond donors (Lipinski definition) is 2. The molecule has 2 amide bonds. The van der Waals surface area contributed by atoms with Crippen molar-refractivity contribution in [3.05, 3.63) is 48.0 Å². The molecule has 2 rings (SSSR count). The van der Waals surface area contributed by atoms with Gasteiger partial charge in [0.1, 0.15) is 17.2 Å². The minimum Gasteiger partial charge on any atom is -0.497 e. The molecule has 2 aromatic rings. The summed E-state index contributed by atoms with van der Waals surface area (Å²) in [5.74, 6) is 0.120. The van der Waals surface area contributed by atoms with E-state index in [4.69, 9.17) is 14.2 Å². The Balaban J connectivity index is 1.90. The van der Waals surface area contributed by atoms with Crippen LogP contribution in [0.25, 0.3) is 0 Å². The van der Waals surface area contributed by atoms with Gasteiger partial charge in [-0.15, -0.1) is 0 Å². The predicted octanol–water partition coefficient (Wildman–Crippen LogP) is 2.58. The van der Waals surface area contributed by atoms with Crippen LogP contribution in [0.15, 0.2) is 47.6 Å². The van der Waals surface area contributed by atoms with E-state index in [1.54, 1.807) is 49.6 Å². The van der Waals surface area contributed by atoms with Gasteiger partial charge >= 0.3 is 11.8 Å². The second-order valence-corrected chi connectivity index (χ2v) is 5.63. The van der Waals surface area contributed by atoms with Crippen molar-refractivity contribution in [2.45, 2.75) is 13.3 Å². The molecule has 2 N–H and O–H groups in total. The molecule has 0 aliphatic carbocycles. The van der Waals surface area contributed by atoms with Gasteiger partial charge in [0.25, 0.3) is 0 Å². The first-order valence-corrected chi connectivity index (χ1v) is 8.66. The van der Waals surface area contributed by atoms with Crippen LogP contribution in [-0.2, 0) is 9.59 Å². The number of amides is 2. The average molecular weight is 385 g/mol. The molecule has 0 aliphatic rings. The van der Waals surface area contributed by atoms with Crippen LogP contribution in [0.2, 0.25) is 0 Å². The molecule has 0 bridgehead atoms. The summed E-state index contributed by atoms with van der Waals surface area (Å²) in [5.41, 5.74) is 3.27. The fraction of sp³-hybridized carbons (Fsp3) is 0.250. The van der Waals surface area contributed by atoms with E-state index in [0.717, 1.165) is 6.42 Å². The highest BCUT2D eigenvalue weighted by Gasteiger charge is 2.13. The van der Waals surface area contributed by atoms with Crippen molar-refractivity contribution in [1.82, 2.24) is 5.43 Å². The summed E-state index contributed by atoms with van der Waals surface area (Å²) in [6, 6.07) is 11.9. The first-order valence-electron chi connectivity index (χ1n) is 8.66. The first-order chi connectivity index (χ1) is 13.6. The Morgan fingerprint density at radius 3 is 2.36 bits per heavy atom. The Bertz CT molecular complexity index is 834. The van der Waals surface area contributed by atoms with Crippen molar-refractivity contribution >= 4 is 23.7 Å². The summed E-state index contributed by atoms with van der Waals surface area (Å²) in [4.78, 5) is 23.8. The van der Waals surface area contributed by atoms with Gasteiger partial charge in [0, 0.05) is 17.3 Å². The van der Waals surface area contributed by atoms with Crippen LogP contribution in [0.1, 0.15) is 18.9 Å². The molecule has 148 valence electrons. The summed E-state index contributed by atoms with van der Waals surface area (Å²) in [6.07, 6.45) is 2.28. The number of rotatable bonds is 8. The Morgan fingerprint density at radius 2 is 1.71 bits per heavy atom. The maximum atomic E-state index is 11.9. The van der Waals surface area contributed by atoms with Crippen molar-refractivity contribution in [3.8, 4) is 17.2 Å². The monoisotopic (exact) mass is 385 g/mol. The number of anilines is 1. The van der Waals surface area contributed by atoms with Crippen molar-refractivity contribution < 1.29 is 23.8 Å². The van der Waals surface area contributed by atoms with Crippen LogP contribution in [0, 0.1) is 0 Å². The maximum absolute atomic E-state index is 11.9. The Kier molecular flexibility index (Phi) is 7.83. The number of hydrazone groups is 1. The van der Waals surface area contributed by atoms with Gasteiger partial charge in [-0.25, -0.2) is 5.43 Å². The highest BCUT2D eigenvalue weighted by Crippen LogP contribution is 2.23. The zero-order valence-corrected chi connectivity index (χ0v) is 16.0. The lowest BCUT2D eigenvalue weighted by Crippen LogP contribution is -2.32. The number of benzene rings is 2. The van der Waals surface area contributed by atoms with Gasteiger partial charge < -0.3 is 19.5 Å². The molecular weight excluding hydrogens is 362 g/mol. The highest BCUT2D eigenvalue weighted by molar-refractivity contribution is 6.39. The van der Waals surface area contributed by atoms with Gasteiger partial charge in [0.15, 0.2) is 0 Å². The van der Waals surface area contributed by atoms with E-state index in [-0.39, 0.29) is 0 Å². The molecule has 28 heavy (non-hydrogen) atoms. The van der Waals surface area contributed by atoms with Gasteiger partial charge in [-0.3, -0.25) is 9.59 Å². The molecule has 0 saturated carbocycles. The number of ether oxygens (including phenoxy) is 3. The van der Waals surface area contributed by atoms with Gasteiger partial charge in [-0.1, -0.05) is 6.92 Å². The Hall–Kier alpha value is -3.55. The number of methoxy groups -OCH3 is 2. The maximum Gasteiger partial charge on any atom is 0.329 e. The van der Waals surface area contributed by atoms with Crippen molar-refractivity contribution in [1.29, 1.82) is 0 Å². The van der Waals surface area contributed by atoms with E-state index >= 15 is 0 Å². The van der Waals surface area contributed by atoms with Crippen LogP contribution in [0.3, 0.4) is 0 Å². The summed E-state index contributed by atoms with van der Waals surface area (Å²) in [5, 5.41) is 6.28. The van der Waals surface area contributed by atoms with E-state index in [9.17, 15) is 9.59 Å². The minimum atomic E-state index is -0.893. The summed E-state index contributed by atoms with van der Waals surface area (Å²) in [6.45, 7) is 2.63. The first kappa shape index (κ1) is 20.8. The van der Waals surface area contributed by atoms with Crippen molar-refractivity contribution in [2.24, 2.45) is 5.10 Å². The summed E-state index contributed by atoms with van der Waals surface area (Å²) in [7, 11) is 3.06. The van der Waals surface area contributed by atoms with Crippen LogP contribution in [0.5, 0.6) is 17.2 Å². The van der Waals surface area contributed by atoms with E-state index < -0.39 is 11.8 Å². The SMILES string of the molecule is CCCOc1ccc(NC(=O)C(=O)N/N=C\c2ccc(OC)cc2OC)cc1. The molecule has 0 atom stereocenters. The average Bonchev–Trinajstić information content (AvgIpc) is 2.73. The molecule has 0 saturated heterocycles. The predicted molar refractivity (Wildman–Crippen MR) is 106 cm³/mol. The molecule has 0 fully saturated rings. The number of carbonyl (C=O) groups is 2. The molecule has 0 unspecified atom stereocenters. The van der Waals surface area contributed by atoms with Crippen LogP contribution in [0.4, 0.5) is 5.69 Å². The molecule has 0 radical (unpaired) electrons. The van der Waals surface area contributed by atoms with E-state index in [2.05, 4.69) is 15.8 Å². The fourth-order valence-electron chi connectivity index (χ4n) is 2.18. The largest absolute Gasteiger partial charge is 0.497 e. The Labute approximate surface area is 163 Å². The fourth-order valence-corrected chi connectivity index (χ4v) is 2.18. The topological polar surface area (TPSA) is 98.2 Å². The lowest BCUT2D eigenvalue weighted by molar-refractivity contribution is -0.136. The van der Waals surface area contributed by atoms with Gasteiger partial charge in [0.2, 0.25) is 0 Å². The lowest BCUT2D eigenvalue weighted by atomic mass is 10.2. The number of nitrogens with one attached hydrogen (secondary N) is 2. The van der Waals surface area contributed by atoms with Crippen molar-refractivity contribution in [3.63, 3.8) is 0 Å². The summed E-state index contributed by atoms with van der Waals surface area (Å²) < 4.78 is 15.8. The molecule has 2 aromatic carbocycles. The quantitative estimate of drug-likeness (QED) is 0.413. The van der Waals surface area contributed by atoms with E-state index in [0.29, 0.717) is 35.1 Å². The van der Waals surface area contributed by atoms with Crippen LogP contribution < -0.4 is 25.0 Å². The number of hydrogen-bond acceptors (Lipinski definition) is 6. The zero-order valence-electron chi connectivity index (χ0n) is 16.0. The van der Waals surface area contributed by atoms with Crippen LogP contribution in [-0.4, -0.2) is 38.9 Å². The smallest absolute Gasteiger partial charge is 0.329 e. The Morgan fingerprint density at radius 1 is 1.00 bits per heavy atom. The minimum absolute atomic E-state index is 0.477. The van der Waals surface area contributed by atoms with E-state index in [1.807, 2.05) is 6.92 Å². The molecule has 8 nitrogen and oxygen atoms in total. The third kappa shape index (κ3) is 6.01. The molecule has 0 spiro atoms. The molecule has 0 aliphatic heterocycles. The zero-order chi connectivity index (χ0) is 20.4. The molecule has 0 aromatic heterocycles. The lowest BCUT2D eigenvalue weighted by Gasteiger charge is -2.07. The normalized spacial score (nSPS) is 10.4. The second kappa shape index (κ2) is 10.6. The molecular formula is C20H23N3O5. The molecule has 0 heterocycles. The van der Waals surface area contributed by atoms with Crippen LogP contribution >= 0.6 is 0 Å². The van der Waals surface area contributed by atoms with Gasteiger partial charge in [-0.2, -0.15) is 5.10 Å². The summed E-state index contributed by atoms with van der Waals surface area (Å²) >= 11 is 0. The third-order valence-corrected chi connectivity index (χ3v) is 3.60. The third-order valence-electron chi connectivity index (χ3n) is 3.60. The second-order valence-electron chi connectivity index (χ2n) is 5.63. The van der Waals surface area contributed by atoms with Gasteiger partial charge in [-0.05, 0) is 42.8 Å². The molecule has 8 heteroatoms.